The Hall–Kier alpha value is -0.780. The van der Waals surface area contributed by atoms with Gasteiger partial charge in [0.25, 0.3) is 0 Å². The van der Waals surface area contributed by atoms with Crippen molar-refractivity contribution in [3.63, 3.8) is 0 Å². The zero-order chi connectivity index (χ0) is 14.8. The monoisotopic (exact) mass is 274 g/mol. The van der Waals surface area contributed by atoms with Gasteiger partial charge in [-0.25, -0.2) is 0 Å². The molecular weight excluding hydrogens is 240 g/mol. The molecule has 114 valence electrons. The molecule has 0 saturated carbocycles. The summed E-state index contributed by atoms with van der Waals surface area (Å²) in [5.74, 6) is 1.60. The molecule has 0 aliphatic carbocycles. The van der Waals surface area contributed by atoms with Crippen LogP contribution in [0.1, 0.15) is 89.2 Å². The fraction of sp³-hybridized carbons (Fsp3) is 0.700. The normalized spacial score (nSPS) is 14.2. The van der Waals surface area contributed by atoms with Crippen LogP contribution in [0.2, 0.25) is 0 Å². The highest BCUT2D eigenvalue weighted by Gasteiger charge is 2.08. The SMILES string of the molecule is CCCCCCCC(C)CCC(C)c1ccc(C)cc1. The van der Waals surface area contributed by atoms with Gasteiger partial charge in [0.2, 0.25) is 0 Å². The molecule has 0 spiro atoms. The summed E-state index contributed by atoms with van der Waals surface area (Å²) in [7, 11) is 0. The van der Waals surface area contributed by atoms with Crippen molar-refractivity contribution in [1.29, 1.82) is 0 Å². The number of rotatable bonds is 10. The second kappa shape index (κ2) is 10.0. The smallest absolute Gasteiger partial charge is 0.0190 e. The summed E-state index contributed by atoms with van der Waals surface area (Å²) in [6.07, 6.45) is 11.2. The van der Waals surface area contributed by atoms with Crippen molar-refractivity contribution in [1.82, 2.24) is 0 Å². The highest BCUT2D eigenvalue weighted by atomic mass is 14.1. The average molecular weight is 274 g/mol. The largest absolute Gasteiger partial charge is 0.0654 e. The Bertz CT molecular complexity index is 336. The van der Waals surface area contributed by atoms with Gasteiger partial charge in [-0.15, -0.1) is 0 Å². The molecule has 0 bridgehead atoms. The summed E-state index contributed by atoms with van der Waals surface area (Å²) in [4.78, 5) is 0. The van der Waals surface area contributed by atoms with Gasteiger partial charge in [0.1, 0.15) is 0 Å². The Morgan fingerprint density at radius 2 is 1.45 bits per heavy atom. The van der Waals surface area contributed by atoms with Gasteiger partial charge >= 0.3 is 0 Å². The molecule has 1 rings (SSSR count). The maximum absolute atomic E-state index is 2.43. The van der Waals surface area contributed by atoms with Crippen molar-refractivity contribution in [2.75, 3.05) is 0 Å². The van der Waals surface area contributed by atoms with Crippen LogP contribution in [-0.4, -0.2) is 0 Å². The standard InChI is InChI=1S/C20H34/c1-5-6-7-8-9-10-17(2)11-14-19(4)20-15-12-18(3)13-16-20/h12-13,15-17,19H,5-11,14H2,1-4H3. The zero-order valence-electron chi connectivity index (χ0n) is 14.1. The van der Waals surface area contributed by atoms with Gasteiger partial charge < -0.3 is 0 Å². The highest BCUT2D eigenvalue weighted by Crippen LogP contribution is 2.25. The molecule has 0 radical (unpaired) electrons. The van der Waals surface area contributed by atoms with Crippen LogP contribution in [0.15, 0.2) is 24.3 Å². The minimum absolute atomic E-state index is 0.707. The molecule has 0 saturated heterocycles. The van der Waals surface area contributed by atoms with Gasteiger partial charge in [-0.1, -0.05) is 95.5 Å². The third kappa shape index (κ3) is 7.12. The fourth-order valence-electron chi connectivity index (χ4n) is 2.84. The minimum atomic E-state index is 0.707. The maximum atomic E-state index is 2.43. The van der Waals surface area contributed by atoms with Gasteiger partial charge in [0.05, 0.1) is 0 Å². The van der Waals surface area contributed by atoms with E-state index in [1.54, 1.807) is 0 Å². The molecule has 0 fully saturated rings. The van der Waals surface area contributed by atoms with Crippen molar-refractivity contribution in [3.05, 3.63) is 35.4 Å². The third-order valence-electron chi connectivity index (χ3n) is 4.54. The highest BCUT2D eigenvalue weighted by molar-refractivity contribution is 5.23. The predicted molar refractivity (Wildman–Crippen MR) is 91.4 cm³/mol. The van der Waals surface area contributed by atoms with E-state index in [1.807, 2.05) is 0 Å². The minimum Gasteiger partial charge on any atom is -0.0654 e. The molecule has 0 amide bonds. The lowest BCUT2D eigenvalue weighted by molar-refractivity contribution is 0.430. The Kier molecular flexibility index (Phi) is 8.65. The molecule has 0 nitrogen and oxygen atoms in total. The Morgan fingerprint density at radius 1 is 0.800 bits per heavy atom. The van der Waals surface area contributed by atoms with E-state index in [4.69, 9.17) is 0 Å². The maximum Gasteiger partial charge on any atom is -0.0190 e. The van der Waals surface area contributed by atoms with E-state index in [9.17, 15) is 0 Å². The van der Waals surface area contributed by atoms with Crippen LogP contribution in [0.25, 0.3) is 0 Å². The number of unbranched alkanes of at least 4 members (excludes halogenated alkanes) is 4. The molecule has 2 atom stereocenters. The lowest BCUT2D eigenvalue weighted by Crippen LogP contribution is -2.00. The van der Waals surface area contributed by atoms with Gasteiger partial charge in [-0.2, -0.15) is 0 Å². The first-order valence-electron chi connectivity index (χ1n) is 8.70. The molecule has 0 N–H and O–H groups in total. The van der Waals surface area contributed by atoms with E-state index in [0.717, 1.165) is 5.92 Å². The van der Waals surface area contributed by atoms with Crippen LogP contribution in [0, 0.1) is 12.8 Å². The molecule has 1 aromatic carbocycles. The van der Waals surface area contributed by atoms with Crippen molar-refractivity contribution < 1.29 is 0 Å². The molecule has 0 aliphatic heterocycles. The first-order chi connectivity index (χ1) is 9.63. The van der Waals surface area contributed by atoms with Gasteiger partial charge in [0, 0.05) is 0 Å². The second-order valence-corrected chi connectivity index (χ2v) is 6.70. The fourth-order valence-corrected chi connectivity index (χ4v) is 2.84. The van der Waals surface area contributed by atoms with Gasteiger partial charge in [-0.05, 0) is 30.7 Å². The molecular formula is C20H34. The van der Waals surface area contributed by atoms with Crippen molar-refractivity contribution in [2.45, 2.75) is 85.0 Å². The first-order valence-corrected chi connectivity index (χ1v) is 8.70. The lowest BCUT2D eigenvalue weighted by Gasteiger charge is -2.16. The third-order valence-corrected chi connectivity index (χ3v) is 4.54. The molecule has 2 unspecified atom stereocenters. The van der Waals surface area contributed by atoms with Crippen LogP contribution in [0.4, 0.5) is 0 Å². The van der Waals surface area contributed by atoms with E-state index in [0.29, 0.717) is 5.92 Å². The first kappa shape index (κ1) is 17.3. The molecule has 0 heterocycles. The summed E-state index contributed by atoms with van der Waals surface area (Å²) in [5.41, 5.74) is 2.87. The summed E-state index contributed by atoms with van der Waals surface area (Å²) in [6, 6.07) is 9.08. The van der Waals surface area contributed by atoms with Crippen molar-refractivity contribution in [2.24, 2.45) is 5.92 Å². The van der Waals surface area contributed by atoms with E-state index >= 15 is 0 Å². The Labute approximate surface area is 127 Å². The summed E-state index contributed by atoms with van der Waals surface area (Å²) < 4.78 is 0. The lowest BCUT2D eigenvalue weighted by atomic mass is 9.90. The van der Waals surface area contributed by atoms with Crippen LogP contribution in [0.5, 0.6) is 0 Å². The molecule has 0 aliphatic rings. The van der Waals surface area contributed by atoms with E-state index in [1.165, 1.54) is 62.5 Å². The molecule has 1 aromatic rings. The summed E-state index contributed by atoms with van der Waals surface area (Å²) >= 11 is 0. The Morgan fingerprint density at radius 3 is 2.10 bits per heavy atom. The van der Waals surface area contributed by atoms with E-state index in [-0.39, 0.29) is 0 Å². The quantitative estimate of drug-likeness (QED) is 0.408. The van der Waals surface area contributed by atoms with Crippen LogP contribution >= 0.6 is 0 Å². The van der Waals surface area contributed by atoms with Crippen molar-refractivity contribution >= 4 is 0 Å². The molecule has 0 heteroatoms. The number of aryl methyl sites for hydroxylation is 1. The van der Waals surface area contributed by atoms with E-state index in [2.05, 4.69) is 52.0 Å². The van der Waals surface area contributed by atoms with Crippen molar-refractivity contribution in [3.8, 4) is 0 Å². The average Bonchev–Trinajstić information content (AvgIpc) is 2.45. The van der Waals surface area contributed by atoms with Gasteiger partial charge in [-0.3, -0.25) is 0 Å². The van der Waals surface area contributed by atoms with Gasteiger partial charge in [0.15, 0.2) is 0 Å². The van der Waals surface area contributed by atoms with Crippen LogP contribution < -0.4 is 0 Å². The summed E-state index contributed by atoms with van der Waals surface area (Å²) in [5, 5.41) is 0. The topological polar surface area (TPSA) is 0 Å². The van der Waals surface area contributed by atoms with Crippen LogP contribution in [-0.2, 0) is 0 Å². The van der Waals surface area contributed by atoms with Crippen LogP contribution in [0.3, 0.4) is 0 Å². The summed E-state index contributed by atoms with van der Waals surface area (Å²) in [6.45, 7) is 9.25. The zero-order valence-corrected chi connectivity index (χ0v) is 14.1. The number of benzene rings is 1. The molecule has 0 aromatic heterocycles. The Balaban J connectivity index is 2.16. The predicted octanol–water partition coefficient (Wildman–Crippen LogP) is 6.88. The number of hydrogen-bond donors (Lipinski definition) is 0. The van der Waals surface area contributed by atoms with E-state index < -0.39 is 0 Å². The number of hydrogen-bond acceptors (Lipinski definition) is 0. The second-order valence-electron chi connectivity index (χ2n) is 6.70. The molecule has 20 heavy (non-hydrogen) atoms.